The molecule has 4 atom stereocenters. The van der Waals surface area contributed by atoms with Gasteiger partial charge >= 0.3 is 0 Å². The van der Waals surface area contributed by atoms with Crippen molar-refractivity contribution >= 4 is 5.91 Å². The average molecular weight is 488 g/mol. The smallest absolute Gasteiger partial charge is 0.232 e. The van der Waals surface area contributed by atoms with Gasteiger partial charge in [0, 0.05) is 12.6 Å². The zero-order valence-electron chi connectivity index (χ0n) is 22.0. The van der Waals surface area contributed by atoms with E-state index in [0.29, 0.717) is 23.8 Å². The van der Waals surface area contributed by atoms with Crippen LogP contribution in [0.2, 0.25) is 0 Å². The summed E-state index contributed by atoms with van der Waals surface area (Å²) in [4.78, 5) is 17.0. The van der Waals surface area contributed by atoms with E-state index in [1.54, 1.807) is 7.11 Å². The van der Waals surface area contributed by atoms with Gasteiger partial charge in [0.15, 0.2) is 0 Å². The molecule has 1 spiro atoms. The van der Waals surface area contributed by atoms with Gasteiger partial charge in [-0.1, -0.05) is 61.7 Å². The second kappa shape index (κ2) is 10.2. The SMILES string of the molecule is COc1cccc2c1CCC[C@]21C[NH2+]C[C@H]1C(=O)N1CC[C@@H](c2ccccc2)C[C@H]1C1CCCCC1. The number of carbonyl (C=O) groups excluding carboxylic acids is 1. The number of benzene rings is 2. The highest BCUT2D eigenvalue weighted by atomic mass is 16.5. The number of carbonyl (C=O) groups is 1. The first-order valence-corrected chi connectivity index (χ1v) is 14.5. The number of hydrogen-bond donors (Lipinski definition) is 1. The van der Waals surface area contributed by atoms with Crippen LogP contribution in [0.4, 0.5) is 0 Å². The zero-order valence-corrected chi connectivity index (χ0v) is 22.0. The minimum Gasteiger partial charge on any atom is -0.496 e. The third-order valence-electron chi connectivity index (χ3n) is 10.2. The minimum absolute atomic E-state index is 0.0490. The van der Waals surface area contributed by atoms with E-state index in [4.69, 9.17) is 4.74 Å². The van der Waals surface area contributed by atoms with Crippen LogP contribution in [-0.2, 0) is 16.6 Å². The number of ether oxygens (including phenoxy) is 1. The second-order valence-corrected chi connectivity index (χ2v) is 11.9. The number of piperidine rings is 1. The zero-order chi connectivity index (χ0) is 24.5. The summed E-state index contributed by atoms with van der Waals surface area (Å²) in [5, 5.41) is 2.42. The average Bonchev–Trinajstić information content (AvgIpc) is 3.37. The highest BCUT2D eigenvalue weighted by Gasteiger charge is 2.55. The second-order valence-electron chi connectivity index (χ2n) is 11.9. The molecule has 0 unspecified atom stereocenters. The van der Waals surface area contributed by atoms with Gasteiger partial charge in [0.05, 0.1) is 25.6 Å². The summed E-state index contributed by atoms with van der Waals surface area (Å²) >= 11 is 0. The molecule has 0 bridgehead atoms. The van der Waals surface area contributed by atoms with Crippen LogP contribution in [0.1, 0.15) is 80.4 Å². The molecule has 1 saturated carbocycles. The van der Waals surface area contributed by atoms with Gasteiger partial charge in [0.1, 0.15) is 11.7 Å². The number of methoxy groups -OCH3 is 1. The van der Waals surface area contributed by atoms with Crippen molar-refractivity contribution in [2.75, 3.05) is 26.7 Å². The van der Waals surface area contributed by atoms with Crippen LogP contribution in [0.5, 0.6) is 5.75 Å². The quantitative estimate of drug-likeness (QED) is 0.672. The molecule has 1 amide bonds. The molecule has 2 aliphatic carbocycles. The van der Waals surface area contributed by atoms with Gasteiger partial charge in [-0.05, 0) is 79.5 Å². The molecule has 2 N–H and O–H groups in total. The molecule has 4 aliphatic rings. The van der Waals surface area contributed by atoms with Crippen molar-refractivity contribution in [3.05, 3.63) is 65.2 Å². The monoisotopic (exact) mass is 487 g/mol. The van der Waals surface area contributed by atoms with Crippen LogP contribution < -0.4 is 10.1 Å². The number of fused-ring (bicyclic) bond motifs is 2. The first-order valence-electron chi connectivity index (χ1n) is 14.5. The summed E-state index contributed by atoms with van der Waals surface area (Å²) in [6.45, 7) is 2.86. The number of likely N-dealkylation sites (tertiary alicyclic amines) is 1. The lowest BCUT2D eigenvalue weighted by atomic mass is 9.63. The first kappa shape index (κ1) is 24.0. The largest absolute Gasteiger partial charge is 0.496 e. The molecule has 192 valence electrons. The molecule has 2 saturated heterocycles. The van der Waals surface area contributed by atoms with Crippen molar-refractivity contribution in [1.82, 2.24) is 4.90 Å². The number of nitrogens with zero attached hydrogens (tertiary/aromatic N) is 1. The van der Waals surface area contributed by atoms with Crippen molar-refractivity contribution in [1.29, 1.82) is 0 Å². The molecular weight excluding hydrogens is 444 g/mol. The molecule has 0 radical (unpaired) electrons. The van der Waals surface area contributed by atoms with Crippen LogP contribution in [0.3, 0.4) is 0 Å². The molecule has 2 heterocycles. The Morgan fingerprint density at radius 2 is 1.83 bits per heavy atom. The lowest BCUT2D eigenvalue weighted by Crippen LogP contribution is -2.82. The molecule has 4 heteroatoms. The fraction of sp³-hybridized carbons (Fsp3) is 0.594. The van der Waals surface area contributed by atoms with E-state index in [1.807, 2.05) is 0 Å². The van der Waals surface area contributed by atoms with Crippen LogP contribution >= 0.6 is 0 Å². The van der Waals surface area contributed by atoms with Gasteiger partial charge in [0.25, 0.3) is 0 Å². The molecule has 2 aromatic carbocycles. The predicted octanol–water partition coefficient (Wildman–Crippen LogP) is 4.82. The molecule has 6 rings (SSSR count). The maximum atomic E-state index is 14.6. The van der Waals surface area contributed by atoms with Gasteiger partial charge in [-0.2, -0.15) is 0 Å². The van der Waals surface area contributed by atoms with Crippen molar-refractivity contribution in [2.24, 2.45) is 11.8 Å². The Morgan fingerprint density at radius 1 is 1.00 bits per heavy atom. The predicted molar refractivity (Wildman–Crippen MR) is 143 cm³/mol. The molecule has 3 fully saturated rings. The number of quaternary nitrogens is 1. The highest BCUT2D eigenvalue weighted by Crippen LogP contribution is 2.48. The standard InChI is InChI=1S/C32H42N2O2/c1-36-30-16-8-15-27-26(30)14-9-18-32(27)22-33-21-28(32)31(35)34-19-17-25(23-10-4-2-5-11-23)20-29(34)24-12-6-3-7-13-24/h2,4-5,8,10-11,15-16,24-25,28-29,33H,3,6-7,9,12-14,17-22H2,1H3/p+1/t25-,28+,29+,32+/m1/s1. The Bertz CT molecular complexity index is 1060. The van der Waals surface area contributed by atoms with Gasteiger partial charge in [-0.15, -0.1) is 0 Å². The summed E-state index contributed by atoms with van der Waals surface area (Å²) in [6, 6.07) is 18.0. The van der Waals surface area contributed by atoms with Gasteiger partial charge < -0.3 is 15.0 Å². The van der Waals surface area contributed by atoms with E-state index in [1.165, 1.54) is 48.8 Å². The van der Waals surface area contributed by atoms with Crippen LogP contribution in [0.25, 0.3) is 0 Å². The molecule has 36 heavy (non-hydrogen) atoms. The number of rotatable bonds is 4. The Kier molecular flexibility index (Phi) is 6.81. The number of nitrogens with two attached hydrogens (primary N) is 1. The van der Waals surface area contributed by atoms with E-state index in [9.17, 15) is 4.79 Å². The minimum atomic E-state index is -0.0490. The van der Waals surface area contributed by atoms with Crippen molar-refractivity contribution < 1.29 is 14.8 Å². The lowest BCUT2D eigenvalue weighted by molar-refractivity contribution is -0.640. The number of hydrogen-bond acceptors (Lipinski definition) is 2. The lowest BCUT2D eigenvalue weighted by Gasteiger charge is -2.47. The molecule has 0 aromatic heterocycles. The Balaban J connectivity index is 1.31. The third kappa shape index (κ3) is 4.16. The molecule has 2 aromatic rings. The molecule has 4 nitrogen and oxygen atoms in total. The normalized spacial score (nSPS) is 30.8. The van der Waals surface area contributed by atoms with E-state index in [-0.39, 0.29) is 11.3 Å². The maximum Gasteiger partial charge on any atom is 0.232 e. The molecule has 2 aliphatic heterocycles. The fourth-order valence-corrected chi connectivity index (χ4v) is 8.45. The highest BCUT2D eigenvalue weighted by molar-refractivity contribution is 5.82. The van der Waals surface area contributed by atoms with Gasteiger partial charge in [-0.25, -0.2) is 0 Å². The van der Waals surface area contributed by atoms with Crippen molar-refractivity contribution in [3.8, 4) is 5.75 Å². The molecular formula is C32H43N2O2+. The maximum absolute atomic E-state index is 14.6. The summed E-state index contributed by atoms with van der Waals surface area (Å²) < 4.78 is 5.77. The van der Waals surface area contributed by atoms with Gasteiger partial charge in [0.2, 0.25) is 5.91 Å². The topological polar surface area (TPSA) is 46.1 Å². The van der Waals surface area contributed by atoms with E-state index in [2.05, 4.69) is 58.7 Å². The van der Waals surface area contributed by atoms with E-state index < -0.39 is 0 Å². The Hall–Kier alpha value is -2.33. The third-order valence-corrected chi connectivity index (χ3v) is 10.2. The van der Waals surface area contributed by atoms with E-state index in [0.717, 1.165) is 57.5 Å². The first-order chi connectivity index (χ1) is 17.7. The van der Waals surface area contributed by atoms with Crippen molar-refractivity contribution in [2.45, 2.75) is 81.6 Å². The van der Waals surface area contributed by atoms with Crippen molar-refractivity contribution in [3.63, 3.8) is 0 Å². The van der Waals surface area contributed by atoms with Crippen LogP contribution in [-0.4, -0.2) is 43.6 Å². The number of amides is 1. The van der Waals surface area contributed by atoms with Gasteiger partial charge in [-0.3, -0.25) is 4.79 Å². The van der Waals surface area contributed by atoms with Crippen LogP contribution in [0, 0.1) is 11.8 Å². The summed E-state index contributed by atoms with van der Waals surface area (Å²) in [5.74, 6) is 2.76. The summed E-state index contributed by atoms with van der Waals surface area (Å²) in [6.07, 6.45) is 12.1. The summed E-state index contributed by atoms with van der Waals surface area (Å²) in [7, 11) is 1.78. The Labute approximate surface area is 216 Å². The fourth-order valence-electron chi connectivity index (χ4n) is 8.45. The van der Waals surface area contributed by atoms with E-state index >= 15 is 0 Å². The Morgan fingerprint density at radius 3 is 2.64 bits per heavy atom. The summed E-state index contributed by atoms with van der Waals surface area (Å²) in [5.41, 5.74) is 4.16. The van der Waals surface area contributed by atoms with Crippen LogP contribution in [0.15, 0.2) is 48.5 Å².